The van der Waals surface area contributed by atoms with Gasteiger partial charge in [0.1, 0.15) is 0 Å². The Morgan fingerprint density at radius 2 is 2.38 bits per heavy atom. The molecule has 1 rings (SSSR count). The van der Waals surface area contributed by atoms with E-state index in [4.69, 9.17) is 0 Å². The molecular weight excluding hydrogens is 170 g/mol. The summed E-state index contributed by atoms with van der Waals surface area (Å²) in [6.07, 6.45) is -0.366. The summed E-state index contributed by atoms with van der Waals surface area (Å²) in [5.74, 6) is -0.0263. The number of likely N-dealkylation sites (N-methyl/N-ethyl adjacent to an activating group) is 2. The normalized spacial score (nSPS) is 28.0. The monoisotopic (exact) mass is 187 g/mol. The number of amides is 1. The summed E-state index contributed by atoms with van der Waals surface area (Å²) in [6.45, 7) is 1.69. The van der Waals surface area contributed by atoms with E-state index >= 15 is 0 Å². The second kappa shape index (κ2) is 4.55. The summed E-state index contributed by atoms with van der Waals surface area (Å²) < 4.78 is 0. The van der Waals surface area contributed by atoms with Crippen molar-refractivity contribution in [3.63, 3.8) is 0 Å². The number of nitrogens with one attached hydrogen (secondary N) is 2. The molecule has 0 aliphatic carbocycles. The highest BCUT2D eigenvalue weighted by molar-refractivity contribution is 5.77. The summed E-state index contributed by atoms with van der Waals surface area (Å²) in [5.41, 5.74) is 0. The summed E-state index contributed by atoms with van der Waals surface area (Å²) in [6, 6.07) is 0.0531. The summed E-state index contributed by atoms with van der Waals surface area (Å²) >= 11 is 0. The lowest BCUT2D eigenvalue weighted by Crippen LogP contribution is -2.45. The first-order valence-corrected chi connectivity index (χ1v) is 4.44. The number of hydrogen-bond acceptors (Lipinski definition) is 4. The highest BCUT2D eigenvalue weighted by Gasteiger charge is 2.28. The van der Waals surface area contributed by atoms with Crippen LogP contribution in [0.5, 0.6) is 0 Å². The van der Waals surface area contributed by atoms with Crippen molar-refractivity contribution >= 4 is 5.91 Å². The Morgan fingerprint density at radius 3 is 2.85 bits per heavy atom. The number of aliphatic hydroxyl groups excluding tert-OH is 1. The predicted octanol–water partition coefficient (Wildman–Crippen LogP) is -2.00. The summed E-state index contributed by atoms with van der Waals surface area (Å²) in [5, 5.41) is 15.1. The smallest absolute Gasteiger partial charge is 0.233 e. The average molecular weight is 187 g/mol. The molecule has 1 fully saturated rings. The highest BCUT2D eigenvalue weighted by atomic mass is 16.3. The number of nitrogens with zero attached hydrogens (tertiary/aromatic N) is 1. The van der Waals surface area contributed by atoms with Crippen molar-refractivity contribution in [1.82, 2.24) is 15.5 Å². The van der Waals surface area contributed by atoms with Crippen molar-refractivity contribution in [2.45, 2.75) is 12.1 Å². The second-order valence-corrected chi connectivity index (χ2v) is 3.38. The van der Waals surface area contributed by atoms with Crippen molar-refractivity contribution in [3.8, 4) is 0 Å². The third-order valence-corrected chi connectivity index (χ3v) is 2.39. The maximum Gasteiger partial charge on any atom is 0.233 e. The molecule has 0 unspecified atom stereocenters. The van der Waals surface area contributed by atoms with Gasteiger partial charge in [-0.1, -0.05) is 0 Å². The van der Waals surface area contributed by atoms with Crippen LogP contribution in [0.25, 0.3) is 0 Å². The number of β-amino-alcohol motifs (C(OH)–C–C–N with tert-alkyl or cyclic N) is 1. The van der Waals surface area contributed by atoms with Crippen LogP contribution in [-0.4, -0.2) is 61.8 Å². The number of carbonyl (C=O) groups excluding carboxylic acids is 1. The van der Waals surface area contributed by atoms with Gasteiger partial charge in [0.15, 0.2) is 0 Å². The Hall–Kier alpha value is -0.650. The van der Waals surface area contributed by atoms with E-state index in [2.05, 4.69) is 10.6 Å². The molecule has 0 bridgehead atoms. The molecule has 0 aromatic rings. The molecule has 0 radical (unpaired) electrons. The molecule has 3 N–H and O–H groups in total. The van der Waals surface area contributed by atoms with Crippen LogP contribution in [0, 0.1) is 0 Å². The first-order chi connectivity index (χ1) is 6.15. The highest BCUT2D eigenvalue weighted by Crippen LogP contribution is 2.06. The van der Waals surface area contributed by atoms with Gasteiger partial charge in [-0.05, 0) is 7.05 Å². The van der Waals surface area contributed by atoms with Gasteiger partial charge in [-0.25, -0.2) is 0 Å². The summed E-state index contributed by atoms with van der Waals surface area (Å²) in [7, 11) is 3.45. The van der Waals surface area contributed by atoms with Crippen LogP contribution in [-0.2, 0) is 4.79 Å². The lowest BCUT2D eigenvalue weighted by Gasteiger charge is -2.25. The third kappa shape index (κ3) is 2.65. The van der Waals surface area contributed by atoms with Crippen molar-refractivity contribution in [2.75, 3.05) is 33.7 Å². The zero-order chi connectivity index (χ0) is 9.84. The zero-order valence-corrected chi connectivity index (χ0v) is 8.08. The van der Waals surface area contributed by atoms with Crippen LogP contribution < -0.4 is 10.6 Å². The van der Waals surface area contributed by atoms with Gasteiger partial charge in [-0.2, -0.15) is 0 Å². The van der Waals surface area contributed by atoms with Gasteiger partial charge in [-0.15, -0.1) is 0 Å². The van der Waals surface area contributed by atoms with Crippen LogP contribution in [0.15, 0.2) is 0 Å². The lowest BCUT2D eigenvalue weighted by molar-refractivity contribution is -0.122. The van der Waals surface area contributed by atoms with Crippen LogP contribution in [0.4, 0.5) is 0 Å². The van der Waals surface area contributed by atoms with Crippen LogP contribution in [0.2, 0.25) is 0 Å². The van der Waals surface area contributed by atoms with Crippen molar-refractivity contribution in [3.05, 3.63) is 0 Å². The molecule has 0 aromatic heterocycles. The number of rotatable bonds is 3. The second-order valence-electron chi connectivity index (χ2n) is 3.38. The number of aliphatic hydroxyl groups is 1. The third-order valence-electron chi connectivity index (χ3n) is 2.39. The van der Waals surface area contributed by atoms with E-state index in [1.807, 2.05) is 11.9 Å². The maximum absolute atomic E-state index is 11.0. The van der Waals surface area contributed by atoms with Gasteiger partial charge < -0.3 is 15.7 Å². The van der Waals surface area contributed by atoms with Crippen molar-refractivity contribution in [1.29, 1.82) is 0 Å². The zero-order valence-electron chi connectivity index (χ0n) is 8.08. The molecule has 1 saturated heterocycles. The van der Waals surface area contributed by atoms with Gasteiger partial charge >= 0.3 is 0 Å². The van der Waals surface area contributed by atoms with E-state index in [0.717, 1.165) is 6.54 Å². The van der Waals surface area contributed by atoms with Gasteiger partial charge in [0.25, 0.3) is 0 Å². The Labute approximate surface area is 78.1 Å². The summed E-state index contributed by atoms with van der Waals surface area (Å²) in [4.78, 5) is 12.9. The SMILES string of the molecule is CNC(=O)CN(C)[C@@H]1CNC[C@H]1O. The molecule has 0 spiro atoms. The quantitative estimate of drug-likeness (QED) is 0.478. The van der Waals surface area contributed by atoms with E-state index in [9.17, 15) is 9.90 Å². The molecular formula is C8H17N3O2. The molecule has 1 heterocycles. The molecule has 1 amide bonds. The Morgan fingerprint density at radius 1 is 1.69 bits per heavy atom. The maximum atomic E-state index is 11.0. The molecule has 1 aliphatic heterocycles. The molecule has 0 aromatic carbocycles. The minimum atomic E-state index is -0.366. The fourth-order valence-corrected chi connectivity index (χ4v) is 1.52. The van der Waals surface area contributed by atoms with Crippen LogP contribution in [0.3, 0.4) is 0 Å². The van der Waals surface area contributed by atoms with E-state index < -0.39 is 0 Å². The molecule has 76 valence electrons. The Bertz CT molecular complexity index is 186. The van der Waals surface area contributed by atoms with Gasteiger partial charge in [-0.3, -0.25) is 9.69 Å². The van der Waals surface area contributed by atoms with Crippen molar-refractivity contribution in [2.24, 2.45) is 0 Å². The largest absolute Gasteiger partial charge is 0.390 e. The first kappa shape index (κ1) is 10.4. The van der Waals surface area contributed by atoms with Crippen LogP contribution >= 0.6 is 0 Å². The van der Waals surface area contributed by atoms with Gasteiger partial charge in [0.2, 0.25) is 5.91 Å². The Balaban J connectivity index is 2.38. The minimum Gasteiger partial charge on any atom is -0.390 e. The van der Waals surface area contributed by atoms with E-state index in [0.29, 0.717) is 13.1 Å². The van der Waals surface area contributed by atoms with Gasteiger partial charge in [0.05, 0.1) is 12.6 Å². The van der Waals surface area contributed by atoms with E-state index in [-0.39, 0.29) is 18.1 Å². The topological polar surface area (TPSA) is 64.6 Å². The van der Waals surface area contributed by atoms with Crippen LogP contribution in [0.1, 0.15) is 0 Å². The first-order valence-electron chi connectivity index (χ1n) is 4.44. The van der Waals surface area contributed by atoms with Gasteiger partial charge in [0, 0.05) is 26.2 Å². The van der Waals surface area contributed by atoms with E-state index in [1.54, 1.807) is 7.05 Å². The fourth-order valence-electron chi connectivity index (χ4n) is 1.52. The lowest BCUT2D eigenvalue weighted by atomic mass is 10.2. The molecule has 0 saturated carbocycles. The minimum absolute atomic E-state index is 0.0263. The Kier molecular flexibility index (Phi) is 3.65. The molecule has 5 nitrogen and oxygen atoms in total. The fraction of sp³-hybridized carbons (Fsp3) is 0.875. The van der Waals surface area contributed by atoms with Crippen molar-refractivity contribution < 1.29 is 9.90 Å². The number of hydrogen-bond donors (Lipinski definition) is 3. The molecule has 13 heavy (non-hydrogen) atoms. The predicted molar refractivity (Wildman–Crippen MR) is 49.4 cm³/mol. The molecule has 2 atom stereocenters. The molecule has 1 aliphatic rings. The number of carbonyl (C=O) groups is 1. The average Bonchev–Trinajstić information content (AvgIpc) is 2.51. The van der Waals surface area contributed by atoms with E-state index in [1.165, 1.54) is 0 Å². The molecule has 5 heteroatoms. The standard InChI is InChI=1S/C8H17N3O2/c1-9-8(13)5-11(2)6-3-10-4-7(6)12/h6-7,10,12H,3-5H2,1-2H3,(H,9,13)/t6-,7-/m1/s1.